The number of ether oxygens (including phenoxy) is 1. The Morgan fingerprint density at radius 3 is 2.53 bits per heavy atom. The number of halogens is 4. The van der Waals surface area contributed by atoms with Crippen LogP contribution in [0.5, 0.6) is 5.75 Å². The number of hydrogen-bond acceptors (Lipinski definition) is 4. The highest BCUT2D eigenvalue weighted by atomic mass is 127. The SMILES string of the molecule is CCNC(=NCc1ccc(OC)cc1C(F)(F)F)NCC(C)(O)c1cnn(C)c1.I. The van der Waals surface area contributed by atoms with E-state index in [9.17, 15) is 18.3 Å². The van der Waals surface area contributed by atoms with Gasteiger partial charge in [-0.25, -0.2) is 4.99 Å². The van der Waals surface area contributed by atoms with Gasteiger partial charge in [0.25, 0.3) is 0 Å². The molecule has 1 unspecified atom stereocenters. The average Bonchev–Trinajstić information content (AvgIpc) is 3.10. The van der Waals surface area contributed by atoms with E-state index in [1.54, 1.807) is 31.0 Å². The second-order valence-electron chi connectivity index (χ2n) is 6.75. The normalized spacial score (nSPS) is 13.9. The maximum atomic E-state index is 13.4. The van der Waals surface area contributed by atoms with E-state index in [-0.39, 0.29) is 48.4 Å². The van der Waals surface area contributed by atoms with Gasteiger partial charge in [0.2, 0.25) is 0 Å². The Labute approximate surface area is 190 Å². The van der Waals surface area contributed by atoms with Crippen molar-refractivity contribution in [2.75, 3.05) is 20.2 Å². The molecule has 1 aromatic heterocycles. The number of hydrogen-bond donors (Lipinski definition) is 3. The van der Waals surface area contributed by atoms with Crippen molar-refractivity contribution in [2.24, 2.45) is 12.0 Å². The highest BCUT2D eigenvalue weighted by Gasteiger charge is 2.33. The molecule has 0 aliphatic rings. The van der Waals surface area contributed by atoms with Crippen molar-refractivity contribution in [2.45, 2.75) is 32.2 Å². The number of nitrogens with one attached hydrogen (secondary N) is 2. The Balaban J connectivity index is 0.00000450. The van der Waals surface area contributed by atoms with Gasteiger partial charge < -0.3 is 20.5 Å². The summed E-state index contributed by atoms with van der Waals surface area (Å²) in [6, 6.07) is 3.77. The molecule has 0 fully saturated rings. The topological polar surface area (TPSA) is 83.7 Å². The number of aromatic nitrogens is 2. The highest BCUT2D eigenvalue weighted by molar-refractivity contribution is 14.0. The Kier molecular flexibility index (Phi) is 9.40. The van der Waals surface area contributed by atoms with E-state index < -0.39 is 17.3 Å². The van der Waals surface area contributed by atoms with E-state index in [4.69, 9.17) is 4.74 Å². The molecule has 1 aromatic carbocycles. The molecule has 0 saturated heterocycles. The minimum atomic E-state index is -4.52. The van der Waals surface area contributed by atoms with Crippen molar-refractivity contribution >= 4 is 29.9 Å². The zero-order chi connectivity index (χ0) is 21.7. The van der Waals surface area contributed by atoms with Crippen LogP contribution >= 0.6 is 24.0 Å². The molecule has 11 heteroatoms. The molecule has 0 aliphatic heterocycles. The molecule has 2 aromatic rings. The zero-order valence-electron chi connectivity index (χ0n) is 17.2. The molecule has 0 spiro atoms. The van der Waals surface area contributed by atoms with Gasteiger partial charge in [-0.15, -0.1) is 24.0 Å². The Hall–Kier alpha value is -2.02. The quantitative estimate of drug-likeness (QED) is 0.285. The molecule has 2 rings (SSSR count). The Bertz CT molecular complexity index is 853. The lowest BCUT2D eigenvalue weighted by Gasteiger charge is -2.23. The summed E-state index contributed by atoms with van der Waals surface area (Å²) in [4.78, 5) is 4.24. The van der Waals surface area contributed by atoms with Crippen LogP contribution in [0.1, 0.15) is 30.5 Å². The largest absolute Gasteiger partial charge is 0.497 e. The van der Waals surface area contributed by atoms with E-state index in [0.717, 1.165) is 6.07 Å². The molecule has 7 nitrogen and oxygen atoms in total. The van der Waals surface area contributed by atoms with Gasteiger partial charge in [0.1, 0.15) is 11.4 Å². The van der Waals surface area contributed by atoms with Crippen molar-refractivity contribution in [1.29, 1.82) is 0 Å². The number of benzene rings is 1. The van der Waals surface area contributed by atoms with Gasteiger partial charge in [-0.05, 0) is 31.5 Å². The second kappa shape index (κ2) is 10.8. The van der Waals surface area contributed by atoms with Gasteiger partial charge in [-0.3, -0.25) is 4.68 Å². The summed E-state index contributed by atoms with van der Waals surface area (Å²) in [7, 11) is 3.06. The van der Waals surface area contributed by atoms with Gasteiger partial charge in [0.15, 0.2) is 5.96 Å². The maximum Gasteiger partial charge on any atom is 0.416 e. The van der Waals surface area contributed by atoms with E-state index in [1.165, 1.54) is 19.2 Å². The number of rotatable bonds is 7. The summed E-state index contributed by atoms with van der Waals surface area (Å²) in [5.41, 5.74) is -1.40. The van der Waals surface area contributed by atoms with E-state index in [2.05, 4.69) is 20.7 Å². The fourth-order valence-corrected chi connectivity index (χ4v) is 2.65. The standard InChI is InChI=1S/C19H26F3N5O2.HI/c1-5-23-17(25-12-18(2,28)14-10-26-27(3)11-14)24-9-13-6-7-15(29-4)8-16(13)19(20,21)22;/h6-8,10-11,28H,5,9,12H2,1-4H3,(H2,23,24,25);1H. The minimum Gasteiger partial charge on any atom is -0.497 e. The van der Waals surface area contributed by atoms with Gasteiger partial charge in [0.05, 0.1) is 32.0 Å². The van der Waals surface area contributed by atoms with Crippen LogP contribution in [0.2, 0.25) is 0 Å². The monoisotopic (exact) mass is 541 g/mol. The van der Waals surface area contributed by atoms with Crippen LogP contribution in [0.25, 0.3) is 0 Å². The lowest BCUT2D eigenvalue weighted by atomic mass is 10.00. The molecule has 1 heterocycles. The van der Waals surface area contributed by atoms with Crippen LogP contribution in [0, 0.1) is 0 Å². The third-order valence-corrected chi connectivity index (χ3v) is 4.30. The molecule has 3 N–H and O–H groups in total. The van der Waals surface area contributed by atoms with Crippen molar-refractivity contribution < 1.29 is 23.0 Å². The smallest absolute Gasteiger partial charge is 0.416 e. The number of nitrogens with zero attached hydrogens (tertiary/aromatic N) is 3. The molecule has 0 radical (unpaired) electrons. The predicted octanol–water partition coefficient (Wildman–Crippen LogP) is 3.03. The van der Waals surface area contributed by atoms with Crippen molar-refractivity contribution in [3.63, 3.8) is 0 Å². The first kappa shape index (κ1) is 26.0. The van der Waals surface area contributed by atoms with E-state index in [0.29, 0.717) is 18.1 Å². The van der Waals surface area contributed by atoms with Gasteiger partial charge in [-0.2, -0.15) is 18.3 Å². The second-order valence-corrected chi connectivity index (χ2v) is 6.75. The van der Waals surface area contributed by atoms with Crippen molar-refractivity contribution in [3.05, 3.63) is 47.3 Å². The Morgan fingerprint density at radius 2 is 2.00 bits per heavy atom. The molecule has 1 atom stereocenters. The molecule has 0 aliphatic carbocycles. The number of aliphatic imine (C=N–C) groups is 1. The van der Waals surface area contributed by atoms with Crippen molar-refractivity contribution in [1.82, 2.24) is 20.4 Å². The number of guanidine groups is 1. The minimum absolute atomic E-state index is 0. The molecule has 30 heavy (non-hydrogen) atoms. The molecular formula is C19H27F3IN5O2. The fourth-order valence-electron chi connectivity index (χ4n) is 2.65. The lowest BCUT2D eigenvalue weighted by molar-refractivity contribution is -0.138. The number of aliphatic hydroxyl groups is 1. The van der Waals surface area contributed by atoms with Crippen molar-refractivity contribution in [3.8, 4) is 5.75 Å². The highest BCUT2D eigenvalue weighted by Crippen LogP contribution is 2.34. The third kappa shape index (κ3) is 7.04. The van der Waals surface area contributed by atoms with Crippen LogP contribution in [-0.2, 0) is 25.4 Å². The Morgan fingerprint density at radius 1 is 1.30 bits per heavy atom. The molecule has 0 bridgehead atoms. The van der Waals surface area contributed by atoms with E-state index >= 15 is 0 Å². The third-order valence-electron chi connectivity index (χ3n) is 4.30. The summed E-state index contributed by atoms with van der Waals surface area (Å²) >= 11 is 0. The fraction of sp³-hybridized carbons (Fsp3) is 0.474. The van der Waals surface area contributed by atoms with Crippen LogP contribution in [0.3, 0.4) is 0 Å². The van der Waals surface area contributed by atoms with Crippen LogP contribution in [0.4, 0.5) is 13.2 Å². The predicted molar refractivity (Wildman–Crippen MR) is 119 cm³/mol. The number of alkyl halides is 3. The summed E-state index contributed by atoms with van der Waals surface area (Å²) in [5, 5.41) is 20.6. The molecule has 0 amide bonds. The van der Waals surface area contributed by atoms with Gasteiger partial charge in [0, 0.05) is 25.4 Å². The van der Waals surface area contributed by atoms with Crippen LogP contribution < -0.4 is 15.4 Å². The zero-order valence-corrected chi connectivity index (χ0v) is 19.6. The van der Waals surface area contributed by atoms with Crippen LogP contribution in [0.15, 0.2) is 35.6 Å². The van der Waals surface area contributed by atoms with E-state index in [1.807, 2.05) is 6.92 Å². The average molecular weight is 541 g/mol. The molecular weight excluding hydrogens is 514 g/mol. The first-order chi connectivity index (χ1) is 13.6. The summed E-state index contributed by atoms with van der Waals surface area (Å²) in [6.07, 6.45) is -1.27. The number of aryl methyl sites for hydroxylation is 1. The summed E-state index contributed by atoms with van der Waals surface area (Å²) < 4.78 is 46.5. The first-order valence-electron chi connectivity index (χ1n) is 9.04. The maximum absolute atomic E-state index is 13.4. The van der Waals surface area contributed by atoms with Gasteiger partial charge >= 0.3 is 6.18 Å². The summed E-state index contributed by atoms with van der Waals surface area (Å²) in [5.74, 6) is 0.420. The molecule has 168 valence electrons. The van der Waals surface area contributed by atoms with Gasteiger partial charge in [-0.1, -0.05) is 6.07 Å². The summed E-state index contributed by atoms with van der Waals surface area (Å²) in [6.45, 7) is 3.87. The molecule has 0 saturated carbocycles. The lowest BCUT2D eigenvalue weighted by Crippen LogP contribution is -2.44. The number of methoxy groups -OCH3 is 1. The first-order valence-corrected chi connectivity index (χ1v) is 9.04. The van der Waals surface area contributed by atoms with Crippen LogP contribution in [-0.4, -0.2) is 41.0 Å².